The lowest BCUT2D eigenvalue weighted by atomic mass is 9.89. The van der Waals surface area contributed by atoms with Crippen LogP contribution in [-0.2, 0) is 13.0 Å². The summed E-state index contributed by atoms with van der Waals surface area (Å²) in [7, 11) is 0. The van der Waals surface area contributed by atoms with Crippen LogP contribution in [0.4, 0.5) is 0 Å². The number of β-amino-alcohol motifs (C(OH)–C–C–N with tert-alkyl or cyclic N) is 1. The molecule has 3 nitrogen and oxygen atoms in total. The van der Waals surface area contributed by atoms with Crippen LogP contribution in [0.2, 0.25) is 0 Å². The molecule has 1 aromatic carbocycles. The predicted molar refractivity (Wildman–Crippen MR) is 90.7 cm³/mol. The number of hydrogen-bond acceptors (Lipinski definition) is 2. The van der Waals surface area contributed by atoms with Crippen molar-refractivity contribution in [3.63, 3.8) is 0 Å². The fourth-order valence-corrected chi connectivity index (χ4v) is 4.43. The summed E-state index contributed by atoms with van der Waals surface area (Å²) in [5, 5.41) is 11.4. The van der Waals surface area contributed by atoms with Crippen molar-refractivity contribution in [3.05, 3.63) is 35.0 Å². The highest BCUT2D eigenvalue weighted by atomic mass is 35.5. The van der Waals surface area contributed by atoms with E-state index in [0.29, 0.717) is 18.5 Å². The van der Waals surface area contributed by atoms with Gasteiger partial charge in [0, 0.05) is 42.1 Å². The third-order valence-electron chi connectivity index (χ3n) is 5.26. The van der Waals surface area contributed by atoms with Gasteiger partial charge in [-0.25, -0.2) is 0 Å². The summed E-state index contributed by atoms with van der Waals surface area (Å²) >= 11 is 5.81. The second kappa shape index (κ2) is 5.55. The molecule has 0 radical (unpaired) electrons. The van der Waals surface area contributed by atoms with Gasteiger partial charge in [-0.3, -0.25) is 4.90 Å². The number of hydrogen-bond donors (Lipinski definition) is 1. The number of aliphatic hydroxyl groups excluding tert-OH is 1. The monoisotopic (exact) mass is 318 g/mol. The molecule has 4 heteroatoms. The van der Waals surface area contributed by atoms with E-state index in [-0.39, 0.29) is 0 Å². The zero-order valence-corrected chi connectivity index (χ0v) is 13.8. The minimum Gasteiger partial charge on any atom is -0.391 e. The second-order valence-electron chi connectivity index (χ2n) is 6.75. The van der Waals surface area contributed by atoms with Crippen LogP contribution in [0.3, 0.4) is 0 Å². The number of aromatic nitrogens is 1. The highest BCUT2D eigenvalue weighted by Crippen LogP contribution is 2.42. The van der Waals surface area contributed by atoms with Gasteiger partial charge in [-0.15, -0.1) is 11.6 Å². The molecule has 2 atom stereocenters. The molecule has 1 aliphatic heterocycles. The molecule has 0 saturated heterocycles. The first kappa shape index (κ1) is 14.6. The second-order valence-corrected chi connectivity index (χ2v) is 7.06. The summed E-state index contributed by atoms with van der Waals surface area (Å²) in [4.78, 5) is 2.44. The minimum atomic E-state index is -0.426. The van der Waals surface area contributed by atoms with Gasteiger partial charge in [0.15, 0.2) is 0 Å². The maximum Gasteiger partial charge on any atom is 0.0802 e. The Morgan fingerprint density at radius 3 is 3.05 bits per heavy atom. The van der Waals surface area contributed by atoms with Crippen LogP contribution in [0, 0.1) is 6.92 Å². The van der Waals surface area contributed by atoms with E-state index < -0.39 is 6.10 Å². The molecule has 4 rings (SSSR count). The number of aryl methyl sites for hydroxylation is 2. The molecular weight excluding hydrogens is 296 g/mol. The number of aliphatic hydroxyl groups is 1. The highest BCUT2D eigenvalue weighted by molar-refractivity contribution is 6.18. The maximum absolute atomic E-state index is 9.95. The predicted octanol–water partition coefficient (Wildman–Crippen LogP) is 3.24. The van der Waals surface area contributed by atoms with E-state index in [9.17, 15) is 5.11 Å². The highest BCUT2D eigenvalue weighted by Gasteiger charge is 2.35. The Bertz CT molecular complexity index is 709. The molecule has 118 valence electrons. The molecule has 2 aliphatic rings. The molecular formula is C18H23ClN2O. The Kier molecular flexibility index (Phi) is 3.67. The third kappa shape index (κ3) is 2.18. The third-order valence-corrected chi connectivity index (χ3v) is 5.62. The molecule has 22 heavy (non-hydrogen) atoms. The van der Waals surface area contributed by atoms with Crippen molar-refractivity contribution >= 4 is 22.5 Å². The van der Waals surface area contributed by atoms with Crippen molar-refractivity contribution < 1.29 is 5.11 Å². The van der Waals surface area contributed by atoms with E-state index in [1.165, 1.54) is 41.4 Å². The van der Waals surface area contributed by atoms with Crippen LogP contribution in [0.25, 0.3) is 10.9 Å². The van der Waals surface area contributed by atoms with Gasteiger partial charge in [0.1, 0.15) is 0 Å². The summed E-state index contributed by atoms with van der Waals surface area (Å²) in [6.07, 6.45) is 3.19. The first-order chi connectivity index (χ1) is 10.7. The first-order valence-corrected chi connectivity index (χ1v) is 8.82. The fourth-order valence-electron chi connectivity index (χ4n) is 4.33. The van der Waals surface area contributed by atoms with E-state index in [2.05, 4.69) is 34.6 Å². The minimum absolute atomic E-state index is 0.318. The van der Waals surface area contributed by atoms with Crippen LogP contribution in [0.5, 0.6) is 0 Å². The van der Waals surface area contributed by atoms with Crippen molar-refractivity contribution in [2.75, 3.05) is 19.0 Å². The van der Waals surface area contributed by atoms with Gasteiger partial charge in [-0.2, -0.15) is 0 Å². The van der Waals surface area contributed by atoms with Crippen molar-refractivity contribution in [2.24, 2.45) is 0 Å². The molecule has 1 aliphatic carbocycles. The van der Waals surface area contributed by atoms with E-state index in [0.717, 1.165) is 13.1 Å². The standard InChI is InChI=1S/C18H23ClN2O/c1-12-5-6-16-15(9-12)14-3-2-4-17-18(14)21(16)8-7-20(17)11-13(22)10-19/h5-6,9,13,17,22H,2-4,7-8,10-11H2,1H3/t13-,17-/m0/s1. The Hall–Kier alpha value is -1.03. The largest absolute Gasteiger partial charge is 0.391 e. The average molecular weight is 319 g/mol. The molecule has 0 saturated carbocycles. The molecule has 1 aromatic heterocycles. The molecule has 2 aromatic rings. The fraction of sp³-hybridized carbons (Fsp3) is 0.556. The lowest BCUT2D eigenvalue weighted by molar-refractivity contribution is 0.0746. The van der Waals surface area contributed by atoms with Gasteiger partial charge in [0.2, 0.25) is 0 Å². The molecule has 0 fully saturated rings. The zero-order valence-electron chi connectivity index (χ0n) is 13.1. The number of alkyl halides is 1. The normalized spacial score (nSPS) is 22.8. The number of nitrogens with zero attached hydrogens (tertiary/aromatic N) is 2. The van der Waals surface area contributed by atoms with E-state index >= 15 is 0 Å². The summed E-state index contributed by atoms with van der Waals surface area (Å²) in [6.45, 7) is 4.88. The summed E-state index contributed by atoms with van der Waals surface area (Å²) in [5.41, 5.74) is 5.77. The summed E-state index contributed by atoms with van der Waals surface area (Å²) in [6, 6.07) is 7.29. The van der Waals surface area contributed by atoms with Crippen LogP contribution in [0.1, 0.15) is 35.7 Å². The molecule has 0 amide bonds. The van der Waals surface area contributed by atoms with E-state index in [4.69, 9.17) is 11.6 Å². The zero-order chi connectivity index (χ0) is 15.3. The number of benzene rings is 1. The quantitative estimate of drug-likeness (QED) is 0.880. The Balaban J connectivity index is 1.81. The average Bonchev–Trinajstić information content (AvgIpc) is 2.85. The summed E-state index contributed by atoms with van der Waals surface area (Å²) < 4.78 is 2.53. The molecule has 0 spiro atoms. The van der Waals surface area contributed by atoms with Gasteiger partial charge in [-0.05, 0) is 43.9 Å². The van der Waals surface area contributed by atoms with Gasteiger partial charge in [-0.1, -0.05) is 11.6 Å². The smallest absolute Gasteiger partial charge is 0.0802 e. The van der Waals surface area contributed by atoms with E-state index in [1.54, 1.807) is 5.56 Å². The molecule has 0 unspecified atom stereocenters. The Morgan fingerprint density at radius 2 is 2.23 bits per heavy atom. The summed E-state index contributed by atoms with van der Waals surface area (Å²) in [5.74, 6) is 0.318. The molecule has 1 N–H and O–H groups in total. The topological polar surface area (TPSA) is 28.4 Å². The van der Waals surface area contributed by atoms with Crippen molar-refractivity contribution in [2.45, 2.75) is 44.9 Å². The number of fused-ring (bicyclic) bond motifs is 3. The van der Waals surface area contributed by atoms with Gasteiger partial charge in [0.05, 0.1) is 12.1 Å². The van der Waals surface area contributed by atoms with Gasteiger partial charge >= 0.3 is 0 Å². The van der Waals surface area contributed by atoms with Gasteiger partial charge < -0.3 is 9.67 Å². The van der Waals surface area contributed by atoms with Crippen molar-refractivity contribution in [1.82, 2.24) is 9.47 Å². The number of halogens is 1. The maximum atomic E-state index is 9.95. The molecule has 0 bridgehead atoms. The lowest BCUT2D eigenvalue weighted by Gasteiger charge is -2.40. The van der Waals surface area contributed by atoms with Crippen LogP contribution >= 0.6 is 11.6 Å². The SMILES string of the molecule is Cc1ccc2c(c1)c1c3n2CCN(C[C@@H](O)CCl)[C@H]3CCC1. The van der Waals surface area contributed by atoms with Crippen LogP contribution in [0.15, 0.2) is 18.2 Å². The first-order valence-electron chi connectivity index (χ1n) is 8.28. The van der Waals surface area contributed by atoms with E-state index in [1.807, 2.05) is 0 Å². The molecule has 2 heterocycles. The Labute approximate surface area is 136 Å². The lowest BCUT2D eigenvalue weighted by Crippen LogP contribution is -2.43. The number of rotatable bonds is 3. The van der Waals surface area contributed by atoms with Crippen molar-refractivity contribution in [1.29, 1.82) is 0 Å². The van der Waals surface area contributed by atoms with Crippen LogP contribution < -0.4 is 0 Å². The van der Waals surface area contributed by atoms with Crippen molar-refractivity contribution in [3.8, 4) is 0 Å². The Morgan fingerprint density at radius 1 is 1.36 bits per heavy atom. The van der Waals surface area contributed by atoms with Gasteiger partial charge in [0.25, 0.3) is 0 Å². The van der Waals surface area contributed by atoms with Crippen LogP contribution in [-0.4, -0.2) is 39.6 Å².